The third kappa shape index (κ3) is 5.82. The summed E-state index contributed by atoms with van der Waals surface area (Å²) in [5, 5.41) is 2.64. The molecule has 2 heterocycles. The lowest BCUT2D eigenvalue weighted by molar-refractivity contribution is -0.162. The number of benzene rings is 3. The van der Waals surface area contributed by atoms with E-state index >= 15 is 0 Å². The van der Waals surface area contributed by atoms with Crippen LogP contribution in [0.4, 0.5) is 18.0 Å². The summed E-state index contributed by atoms with van der Waals surface area (Å²) in [4.78, 5) is 42.4. The first-order chi connectivity index (χ1) is 19.6. The van der Waals surface area contributed by atoms with Crippen molar-refractivity contribution in [3.05, 3.63) is 113 Å². The molecule has 41 heavy (non-hydrogen) atoms. The van der Waals surface area contributed by atoms with E-state index in [1.54, 1.807) is 13.0 Å². The van der Waals surface area contributed by atoms with E-state index in [2.05, 4.69) is 5.32 Å². The summed E-state index contributed by atoms with van der Waals surface area (Å²) in [5.41, 5.74) is 1.16. The van der Waals surface area contributed by atoms with E-state index in [0.29, 0.717) is 0 Å². The molecule has 3 amide bonds. The number of carbonyl (C=O) groups excluding carboxylic acids is 3. The minimum atomic E-state index is -4.50. The van der Waals surface area contributed by atoms with Crippen LogP contribution >= 0.6 is 0 Å². The van der Waals surface area contributed by atoms with Crippen molar-refractivity contribution in [2.24, 2.45) is 0 Å². The van der Waals surface area contributed by atoms with Crippen LogP contribution in [0.25, 0.3) is 6.08 Å². The van der Waals surface area contributed by atoms with Crippen molar-refractivity contribution in [2.75, 3.05) is 6.61 Å². The highest BCUT2D eigenvalue weighted by atomic mass is 19.4. The van der Waals surface area contributed by atoms with Crippen molar-refractivity contribution in [1.82, 2.24) is 15.1 Å². The SMILES string of the molecule is C[C@@H](C(=O)NCc1cccc(C(F)(F)F)c1)N1C(=O)[C@@H](N2C(=O)OCC2c2ccccc2)[C@H]1/C=C/c1ccccc1. The molecule has 2 aliphatic rings. The van der Waals surface area contributed by atoms with Gasteiger partial charge in [-0.05, 0) is 35.7 Å². The molecule has 5 rings (SSSR count). The van der Waals surface area contributed by atoms with Gasteiger partial charge in [0.05, 0.1) is 17.6 Å². The Morgan fingerprint density at radius 1 is 1.02 bits per heavy atom. The molecule has 3 aromatic carbocycles. The molecule has 7 nitrogen and oxygen atoms in total. The number of amides is 3. The number of nitrogens with one attached hydrogen (secondary N) is 1. The van der Waals surface area contributed by atoms with Crippen LogP contribution in [0.3, 0.4) is 0 Å². The zero-order valence-corrected chi connectivity index (χ0v) is 22.1. The molecule has 4 atom stereocenters. The van der Waals surface area contributed by atoms with E-state index in [0.717, 1.165) is 23.3 Å². The lowest BCUT2D eigenvalue weighted by Gasteiger charge is -2.51. The Morgan fingerprint density at radius 2 is 1.71 bits per heavy atom. The van der Waals surface area contributed by atoms with E-state index in [-0.39, 0.29) is 18.7 Å². The first-order valence-corrected chi connectivity index (χ1v) is 13.1. The second-order valence-electron chi connectivity index (χ2n) is 9.95. The van der Waals surface area contributed by atoms with E-state index in [1.807, 2.05) is 66.7 Å². The molecule has 2 fully saturated rings. The molecule has 0 spiro atoms. The number of carbonyl (C=O) groups is 3. The fourth-order valence-corrected chi connectivity index (χ4v) is 5.21. The second kappa shape index (κ2) is 11.5. The van der Waals surface area contributed by atoms with Gasteiger partial charge in [-0.25, -0.2) is 4.79 Å². The van der Waals surface area contributed by atoms with Crippen LogP contribution in [0.15, 0.2) is 91.0 Å². The molecule has 2 aliphatic heterocycles. The quantitative estimate of drug-likeness (QED) is 0.383. The van der Waals surface area contributed by atoms with Gasteiger partial charge in [0.25, 0.3) is 0 Å². The number of ether oxygens (including phenoxy) is 1. The molecular formula is C31H28F3N3O4. The predicted octanol–water partition coefficient (Wildman–Crippen LogP) is 5.20. The van der Waals surface area contributed by atoms with Crippen LogP contribution in [0.5, 0.6) is 0 Å². The number of cyclic esters (lactones) is 1. The van der Waals surface area contributed by atoms with E-state index in [1.165, 1.54) is 21.9 Å². The van der Waals surface area contributed by atoms with Crippen LogP contribution in [0, 0.1) is 0 Å². The minimum absolute atomic E-state index is 0.0920. The summed E-state index contributed by atoms with van der Waals surface area (Å²) in [6.45, 7) is 1.50. The third-order valence-electron chi connectivity index (χ3n) is 7.35. The average Bonchev–Trinajstić information content (AvgIpc) is 3.34. The Morgan fingerprint density at radius 3 is 2.39 bits per heavy atom. The van der Waals surface area contributed by atoms with Crippen molar-refractivity contribution in [2.45, 2.75) is 43.8 Å². The van der Waals surface area contributed by atoms with Gasteiger partial charge in [0.2, 0.25) is 11.8 Å². The predicted molar refractivity (Wildman–Crippen MR) is 145 cm³/mol. The summed E-state index contributed by atoms with van der Waals surface area (Å²) in [7, 11) is 0. The van der Waals surface area contributed by atoms with Crippen molar-refractivity contribution in [3.63, 3.8) is 0 Å². The van der Waals surface area contributed by atoms with Crippen LogP contribution < -0.4 is 5.32 Å². The lowest BCUT2D eigenvalue weighted by atomic mass is 9.88. The molecule has 0 aliphatic carbocycles. The van der Waals surface area contributed by atoms with Gasteiger partial charge in [-0.15, -0.1) is 0 Å². The maximum absolute atomic E-state index is 13.6. The van der Waals surface area contributed by atoms with Crippen LogP contribution in [0.1, 0.15) is 35.2 Å². The van der Waals surface area contributed by atoms with Crippen molar-refractivity contribution in [3.8, 4) is 0 Å². The van der Waals surface area contributed by atoms with Crippen LogP contribution in [0.2, 0.25) is 0 Å². The standard InChI is InChI=1S/C31H28F3N3O4/c1-20(28(38)35-18-22-11-8-14-24(17-22)31(32,33)34)36-25(16-15-21-9-4-2-5-10-21)27(29(36)39)37-26(19-41-30(37)40)23-12-6-3-7-13-23/h2-17,20,25-27H,18-19H2,1H3,(H,35,38)/b16-15+/t20-,25+,26?,27-/m0/s1. The number of likely N-dealkylation sites (tertiary alicyclic amines) is 1. The van der Waals surface area contributed by atoms with Gasteiger partial charge in [-0.2, -0.15) is 13.2 Å². The van der Waals surface area contributed by atoms with Gasteiger partial charge in [-0.1, -0.05) is 84.9 Å². The fraction of sp³-hybridized carbons (Fsp3) is 0.258. The van der Waals surface area contributed by atoms with E-state index in [9.17, 15) is 27.6 Å². The van der Waals surface area contributed by atoms with Gasteiger partial charge in [0.15, 0.2) is 0 Å². The number of hydrogen-bond acceptors (Lipinski definition) is 4. The third-order valence-corrected chi connectivity index (χ3v) is 7.35. The van der Waals surface area contributed by atoms with Crippen molar-refractivity contribution >= 4 is 24.0 Å². The van der Waals surface area contributed by atoms with Gasteiger partial charge in [0.1, 0.15) is 18.7 Å². The molecular weight excluding hydrogens is 535 g/mol. The molecule has 1 unspecified atom stereocenters. The van der Waals surface area contributed by atoms with Crippen molar-refractivity contribution < 1.29 is 32.3 Å². The van der Waals surface area contributed by atoms with Crippen LogP contribution in [-0.2, 0) is 27.0 Å². The van der Waals surface area contributed by atoms with E-state index < -0.39 is 53.8 Å². The van der Waals surface area contributed by atoms with Gasteiger partial charge in [-0.3, -0.25) is 14.5 Å². The number of rotatable bonds is 8. The highest BCUT2D eigenvalue weighted by Crippen LogP contribution is 2.38. The molecule has 10 heteroatoms. The molecule has 0 aromatic heterocycles. The van der Waals surface area contributed by atoms with Gasteiger partial charge >= 0.3 is 12.3 Å². The zero-order chi connectivity index (χ0) is 29.1. The molecule has 2 saturated heterocycles. The summed E-state index contributed by atoms with van der Waals surface area (Å²) < 4.78 is 44.6. The summed E-state index contributed by atoms with van der Waals surface area (Å²) in [5.74, 6) is -0.954. The largest absolute Gasteiger partial charge is 0.447 e. The minimum Gasteiger partial charge on any atom is -0.447 e. The van der Waals surface area contributed by atoms with Gasteiger partial charge < -0.3 is 15.0 Å². The highest BCUT2D eigenvalue weighted by molar-refractivity contribution is 5.98. The smallest absolute Gasteiger partial charge is 0.416 e. The normalized spacial score (nSPS) is 21.5. The molecule has 0 radical (unpaired) electrons. The molecule has 0 saturated carbocycles. The monoisotopic (exact) mass is 563 g/mol. The Balaban J connectivity index is 1.37. The molecule has 212 valence electrons. The second-order valence-corrected chi connectivity index (χ2v) is 9.95. The zero-order valence-electron chi connectivity index (χ0n) is 22.1. The topological polar surface area (TPSA) is 79.0 Å². The number of hydrogen-bond donors (Lipinski definition) is 1. The number of β-lactam (4-membered cyclic amide) rings is 1. The maximum Gasteiger partial charge on any atom is 0.416 e. The number of nitrogens with zero attached hydrogens (tertiary/aromatic N) is 2. The first kappa shape index (κ1) is 27.9. The number of alkyl halides is 3. The van der Waals surface area contributed by atoms with Crippen molar-refractivity contribution in [1.29, 1.82) is 0 Å². The van der Waals surface area contributed by atoms with E-state index in [4.69, 9.17) is 4.74 Å². The average molecular weight is 564 g/mol. The molecule has 3 aromatic rings. The Labute approximate surface area is 235 Å². The fourth-order valence-electron chi connectivity index (χ4n) is 5.21. The number of halogens is 3. The van der Waals surface area contributed by atoms with Gasteiger partial charge in [0, 0.05) is 6.54 Å². The van der Waals surface area contributed by atoms with Crippen LogP contribution in [-0.4, -0.2) is 52.4 Å². The Bertz CT molecular complexity index is 1450. The summed E-state index contributed by atoms with van der Waals surface area (Å²) >= 11 is 0. The Kier molecular flexibility index (Phi) is 7.83. The summed E-state index contributed by atoms with van der Waals surface area (Å²) in [6, 6.07) is 20.4. The lowest BCUT2D eigenvalue weighted by Crippen LogP contribution is -2.73. The molecule has 1 N–H and O–H groups in total. The summed E-state index contributed by atoms with van der Waals surface area (Å²) in [6.07, 6.45) is -1.51. The maximum atomic E-state index is 13.6. The first-order valence-electron chi connectivity index (χ1n) is 13.1. The highest BCUT2D eigenvalue weighted by Gasteiger charge is 2.57. The molecule has 0 bridgehead atoms. The Hall–Kier alpha value is -4.60.